The first-order valence-corrected chi connectivity index (χ1v) is 5.07. The molecule has 0 fully saturated rings. The van der Waals surface area contributed by atoms with Gasteiger partial charge in [0.2, 0.25) is 0 Å². The Hall–Kier alpha value is -1.63. The van der Waals surface area contributed by atoms with Crippen LogP contribution in [0.2, 0.25) is 0 Å². The highest BCUT2D eigenvalue weighted by Crippen LogP contribution is 2.13. The van der Waals surface area contributed by atoms with Gasteiger partial charge in [-0.2, -0.15) is 0 Å². The summed E-state index contributed by atoms with van der Waals surface area (Å²) in [5.74, 6) is 0. The predicted octanol–water partition coefficient (Wildman–Crippen LogP) is 4.23. The normalized spacial score (nSPS) is 14.6. The van der Waals surface area contributed by atoms with E-state index in [2.05, 4.69) is 11.6 Å². The SMILES string of the molecule is C=C\C=N/C(=C\C)C(/C=C\C)=C\C=C/C. The number of hydrogen-bond donors (Lipinski definition) is 0. The first-order valence-electron chi connectivity index (χ1n) is 5.07. The molecular weight excluding hydrogens is 182 g/mol. The first kappa shape index (κ1) is 13.4. The van der Waals surface area contributed by atoms with Crippen LogP contribution in [-0.2, 0) is 0 Å². The Labute approximate surface area is 92.9 Å². The number of rotatable bonds is 5. The molecule has 1 nitrogen and oxygen atoms in total. The second-order valence-electron chi connectivity index (χ2n) is 2.84. The molecule has 0 saturated heterocycles. The highest BCUT2D eigenvalue weighted by molar-refractivity contribution is 5.72. The number of hydrogen-bond acceptors (Lipinski definition) is 1. The third-order valence-electron chi connectivity index (χ3n) is 1.70. The summed E-state index contributed by atoms with van der Waals surface area (Å²) >= 11 is 0. The van der Waals surface area contributed by atoms with Gasteiger partial charge in [0.1, 0.15) is 0 Å². The van der Waals surface area contributed by atoms with E-state index >= 15 is 0 Å². The standard InChI is InChI=1S/C14H19N/c1-5-9-11-13(10-6-2)14(8-4)15-12-7-3/h5-12H,3H2,1-2,4H3/b9-5-,10-6-,13-11-,14-8-,15-12-. The topological polar surface area (TPSA) is 12.4 Å². The van der Waals surface area contributed by atoms with Crippen LogP contribution in [0.1, 0.15) is 20.8 Å². The van der Waals surface area contributed by atoms with Crippen LogP contribution in [0.5, 0.6) is 0 Å². The van der Waals surface area contributed by atoms with E-state index in [0.29, 0.717) is 0 Å². The van der Waals surface area contributed by atoms with Gasteiger partial charge in [0.05, 0.1) is 5.70 Å². The molecule has 0 radical (unpaired) electrons. The Morgan fingerprint density at radius 3 is 2.33 bits per heavy atom. The van der Waals surface area contributed by atoms with Crippen LogP contribution in [0.15, 0.2) is 65.4 Å². The van der Waals surface area contributed by atoms with Crippen LogP contribution < -0.4 is 0 Å². The maximum Gasteiger partial charge on any atom is 0.0659 e. The molecule has 1 heteroatoms. The summed E-state index contributed by atoms with van der Waals surface area (Å²) in [4.78, 5) is 4.30. The van der Waals surface area contributed by atoms with Crippen molar-refractivity contribution in [2.24, 2.45) is 4.99 Å². The van der Waals surface area contributed by atoms with Crippen LogP contribution in [-0.4, -0.2) is 6.21 Å². The van der Waals surface area contributed by atoms with Crippen molar-refractivity contribution in [1.29, 1.82) is 0 Å². The lowest BCUT2D eigenvalue weighted by Crippen LogP contribution is -1.83. The second-order valence-corrected chi connectivity index (χ2v) is 2.84. The van der Waals surface area contributed by atoms with Crippen LogP contribution in [0.4, 0.5) is 0 Å². The molecule has 0 N–H and O–H groups in total. The minimum atomic E-state index is 0.950. The summed E-state index contributed by atoms with van der Waals surface area (Å²) in [6.45, 7) is 9.57. The van der Waals surface area contributed by atoms with Gasteiger partial charge in [0.15, 0.2) is 0 Å². The van der Waals surface area contributed by atoms with Gasteiger partial charge in [-0.25, -0.2) is 0 Å². The second kappa shape index (κ2) is 8.95. The maximum absolute atomic E-state index is 4.30. The number of nitrogens with zero attached hydrogens (tertiary/aromatic N) is 1. The van der Waals surface area contributed by atoms with Crippen LogP contribution in [0, 0.1) is 0 Å². The van der Waals surface area contributed by atoms with Crippen molar-refractivity contribution < 1.29 is 0 Å². The zero-order valence-corrected chi connectivity index (χ0v) is 9.77. The molecule has 0 spiro atoms. The zero-order chi connectivity index (χ0) is 11.5. The van der Waals surface area contributed by atoms with Crippen molar-refractivity contribution in [3.05, 3.63) is 60.4 Å². The number of aliphatic imine (C=N–C) groups is 1. The first-order chi connectivity index (χ1) is 7.29. The van der Waals surface area contributed by atoms with E-state index in [-0.39, 0.29) is 0 Å². The molecule has 0 bridgehead atoms. The van der Waals surface area contributed by atoms with Crippen molar-refractivity contribution in [3.63, 3.8) is 0 Å². The molecule has 0 aliphatic heterocycles. The van der Waals surface area contributed by atoms with Crippen molar-refractivity contribution in [1.82, 2.24) is 0 Å². The zero-order valence-electron chi connectivity index (χ0n) is 9.77. The van der Waals surface area contributed by atoms with Crippen molar-refractivity contribution in [3.8, 4) is 0 Å². The fourth-order valence-electron chi connectivity index (χ4n) is 1.05. The molecule has 0 aromatic carbocycles. The van der Waals surface area contributed by atoms with Gasteiger partial charge < -0.3 is 0 Å². The summed E-state index contributed by atoms with van der Waals surface area (Å²) in [7, 11) is 0. The van der Waals surface area contributed by atoms with Gasteiger partial charge in [-0.1, -0.05) is 49.1 Å². The lowest BCUT2D eigenvalue weighted by atomic mass is 10.1. The largest absolute Gasteiger partial charge is 0.257 e. The van der Waals surface area contributed by atoms with E-state index in [0.717, 1.165) is 11.3 Å². The van der Waals surface area contributed by atoms with Crippen molar-refractivity contribution in [2.45, 2.75) is 20.8 Å². The Balaban J connectivity index is 5.04. The predicted molar refractivity (Wildman–Crippen MR) is 70.2 cm³/mol. The molecule has 0 unspecified atom stereocenters. The Kier molecular flexibility index (Phi) is 7.97. The summed E-state index contributed by atoms with van der Waals surface area (Å²) in [6, 6.07) is 0. The van der Waals surface area contributed by atoms with Gasteiger partial charge in [-0.15, -0.1) is 0 Å². The van der Waals surface area contributed by atoms with Gasteiger partial charge in [-0.05, 0) is 26.3 Å². The van der Waals surface area contributed by atoms with E-state index < -0.39 is 0 Å². The minimum absolute atomic E-state index is 0.950. The monoisotopic (exact) mass is 201 g/mol. The smallest absolute Gasteiger partial charge is 0.0659 e. The Bertz CT molecular complexity index is 325. The van der Waals surface area contributed by atoms with Gasteiger partial charge >= 0.3 is 0 Å². The van der Waals surface area contributed by atoms with E-state index in [1.807, 2.05) is 57.2 Å². The van der Waals surface area contributed by atoms with Gasteiger partial charge in [0, 0.05) is 6.21 Å². The summed E-state index contributed by atoms with van der Waals surface area (Å²) in [5.41, 5.74) is 2.04. The fourth-order valence-corrected chi connectivity index (χ4v) is 1.05. The quantitative estimate of drug-likeness (QED) is 0.466. The molecule has 0 atom stereocenters. The fraction of sp³-hybridized carbons (Fsp3) is 0.214. The van der Waals surface area contributed by atoms with E-state index in [9.17, 15) is 0 Å². The molecule has 0 saturated carbocycles. The van der Waals surface area contributed by atoms with E-state index in [4.69, 9.17) is 0 Å². The number of allylic oxidation sites excluding steroid dienone is 7. The van der Waals surface area contributed by atoms with Crippen LogP contribution in [0.3, 0.4) is 0 Å². The molecule has 0 aliphatic carbocycles. The van der Waals surface area contributed by atoms with Crippen LogP contribution in [0.25, 0.3) is 0 Å². The highest BCUT2D eigenvalue weighted by atomic mass is 14.7. The summed E-state index contributed by atoms with van der Waals surface area (Å²) in [6.07, 6.45) is 15.4. The lowest BCUT2D eigenvalue weighted by Gasteiger charge is -2.00. The Morgan fingerprint density at radius 2 is 1.87 bits per heavy atom. The molecule has 0 aromatic rings. The average Bonchev–Trinajstić information content (AvgIpc) is 2.26. The molecule has 0 aromatic heterocycles. The van der Waals surface area contributed by atoms with Crippen molar-refractivity contribution >= 4 is 6.21 Å². The molecule has 0 heterocycles. The Morgan fingerprint density at radius 1 is 1.13 bits per heavy atom. The molecular formula is C14H19N. The lowest BCUT2D eigenvalue weighted by molar-refractivity contribution is 1.33. The maximum atomic E-state index is 4.30. The van der Waals surface area contributed by atoms with E-state index in [1.165, 1.54) is 0 Å². The molecule has 80 valence electrons. The molecule has 15 heavy (non-hydrogen) atoms. The summed E-state index contributed by atoms with van der Waals surface area (Å²) in [5, 5.41) is 0. The van der Waals surface area contributed by atoms with Gasteiger partial charge in [0.25, 0.3) is 0 Å². The van der Waals surface area contributed by atoms with E-state index in [1.54, 1.807) is 12.3 Å². The molecule has 0 amide bonds. The third kappa shape index (κ3) is 5.63. The molecule has 0 rings (SSSR count). The van der Waals surface area contributed by atoms with Gasteiger partial charge in [-0.3, -0.25) is 4.99 Å². The third-order valence-corrected chi connectivity index (χ3v) is 1.70. The van der Waals surface area contributed by atoms with Crippen molar-refractivity contribution in [2.75, 3.05) is 0 Å². The van der Waals surface area contributed by atoms with Crippen LogP contribution >= 0.6 is 0 Å². The minimum Gasteiger partial charge on any atom is -0.257 e. The average molecular weight is 201 g/mol. The highest BCUT2D eigenvalue weighted by Gasteiger charge is 1.95. The molecule has 0 aliphatic rings. The summed E-state index contributed by atoms with van der Waals surface area (Å²) < 4.78 is 0.